The maximum absolute atomic E-state index is 13.3. The largest absolute Gasteiger partial charge is 0.483 e. The van der Waals surface area contributed by atoms with Crippen molar-refractivity contribution in [1.82, 2.24) is 4.90 Å². The quantitative estimate of drug-likeness (QED) is 0.575. The second-order valence-electron chi connectivity index (χ2n) is 5.93. The van der Waals surface area contributed by atoms with Gasteiger partial charge in [0.2, 0.25) is 0 Å². The first kappa shape index (κ1) is 19.4. The standard InChI is InChI=1S/C20H20BrNO2S2/c1-3-22(4-2)20(25)26-19-17(23)15-12-14(21)10-11-16(15)24-18(19)13-8-6-5-7-9-13/h5-12,18-19H,3-4H2,1-2H3. The molecule has 0 spiro atoms. The number of nitrogens with zero attached hydrogens (tertiary/aromatic N) is 1. The number of benzene rings is 2. The number of thioether (sulfide) groups is 1. The van der Waals surface area contributed by atoms with Gasteiger partial charge in [-0.1, -0.05) is 70.2 Å². The van der Waals surface area contributed by atoms with Crippen molar-refractivity contribution >= 4 is 50.0 Å². The molecule has 2 atom stereocenters. The Morgan fingerprint density at radius 2 is 1.88 bits per heavy atom. The molecule has 0 saturated heterocycles. The molecule has 3 nitrogen and oxygen atoms in total. The summed E-state index contributed by atoms with van der Waals surface area (Å²) in [5.74, 6) is 0.679. The Morgan fingerprint density at radius 1 is 1.19 bits per heavy atom. The van der Waals surface area contributed by atoms with Crippen LogP contribution in [0.3, 0.4) is 0 Å². The lowest BCUT2D eigenvalue weighted by molar-refractivity contribution is 0.0868. The molecule has 0 aliphatic carbocycles. The molecule has 1 aliphatic heterocycles. The number of thiocarbonyl (C=S) groups is 1. The number of ketones is 1. The van der Waals surface area contributed by atoms with Crippen LogP contribution >= 0.6 is 39.9 Å². The smallest absolute Gasteiger partial charge is 0.184 e. The maximum Gasteiger partial charge on any atom is 0.184 e. The number of carbonyl (C=O) groups is 1. The topological polar surface area (TPSA) is 29.5 Å². The fourth-order valence-electron chi connectivity index (χ4n) is 2.95. The summed E-state index contributed by atoms with van der Waals surface area (Å²) < 4.78 is 7.86. The van der Waals surface area contributed by atoms with Crippen molar-refractivity contribution in [2.24, 2.45) is 0 Å². The van der Waals surface area contributed by atoms with Gasteiger partial charge in [0.15, 0.2) is 5.78 Å². The summed E-state index contributed by atoms with van der Waals surface area (Å²) in [6.07, 6.45) is -0.365. The molecule has 2 unspecified atom stereocenters. The lowest BCUT2D eigenvalue weighted by atomic mass is 9.96. The summed E-state index contributed by atoms with van der Waals surface area (Å²) in [5, 5.41) is -0.410. The van der Waals surface area contributed by atoms with Crippen LogP contribution in [-0.4, -0.2) is 33.3 Å². The van der Waals surface area contributed by atoms with E-state index in [-0.39, 0.29) is 11.9 Å². The van der Waals surface area contributed by atoms with Crippen molar-refractivity contribution in [1.29, 1.82) is 0 Å². The average molecular weight is 450 g/mol. The Hall–Kier alpha value is -1.37. The predicted molar refractivity (Wildman–Crippen MR) is 115 cm³/mol. The number of carbonyl (C=O) groups excluding carboxylic acids is 1. The van der Waals surface area contributed by atoms with E-state index in [2.05, 4.69) is 34.7 Å². The van der Waals surface area contributed by atoms with Gasteiger partial charge in [0.25, 0.3) is 0 Å². The average Bonchev–Trinajstić information content (AvgIpc) is 2.66. The van der Waals surface area contributed by atoms with Gasteiger partial charge in [0.05, 0.1) is 5.56 Å². The van der Waals surface area contributed by atoms with Crippen LogP contribution in [0.4, 0.5) is 0 Å². The molecule has 6 heteroatoms. The molecule has 0 radical (unpaired) electrons. The third-order valence-corrected chi connectivity index (χ3v) is 6.59. The van der Waals surface area contributed by atoms with Gasteiger partial charge < -0.3 is 9.64 Å². The summed E-state index contributed by atoms with van der Waals surface area (Å²) in [4.78, 5) is 15.4. The summed E-state index contributed by atoms with van der Waals surface area (Å²) in [6.45, 7) is 5.78. The third kappa shape index (κ3) is 3.97. The normalized spacial score (nSPS) is 18.8. The van der Waals surface area contributed by atoms with Gasteiger partial charge in [0, 0.05) is 17.6 Å². The first-order valence-corrected chi connectivity index (χ1v) is 10.6. The minimum Gasteiger partial charge on any atom is -0.483 e. The van der Waals surface area contributed by atoms with Crippen molar-refractivity contribution < 1.29 is 9.53 Å². The van der Waals surface area contributed by atoms with Gasteiger partial charge in [-0.15, -0.1) is 0 Å². The molecule has 1 heterocycles. The second-order valence-corrected chi connectivity index (χ2v) is 8.62. The number of hydrogen-bond donors (Lipinski definition) is 0. The van der Waals surface area contributed by atoms with E-state index in [0.717, 1.165) is 27.4 Å². The zero-order valence-corrected chi connectivity index (χ0v) is 17.9. The van der Waals surface area contributed by atoms with Crippen molar-refractivity contribution in [3.8, 4) is 5.75 Å². The minimum absolute atomic E-state index is 0.0564. The number of halogens is 1. The van der Waals surface area contributed by atoms with Gasteiger partial charge in [-0.3, -0.25) is 4.79 Å². The Bertz CT molecular complexity index is 809. The summed E-state index contributed by atoms with van der Waals surface area (Å²) in [6, 6.07) is 15.4. The number of hydrogen-bond acceptors (Lipinski definition) is 4. The molecule has 1 aliphatic rings. The van der Waals surface area contributed by atoms with Crippen LogP contribution in [0.2, 0.25) is 0 Å². The molecule has 0 N–H and O–H groups in total. The second kappa shape index (κ2) is 8.55. The van der Waals surface area contributed by atoms with Gasteiger partial charge in [-0.05, 0) is 37.6 Å². The highest BCUT2D eigenvalue weighted by molar-refractivity contribution is 9.10. The molecular formula is C20H20BrNO2S2. The van der Waals surface area contributed by atoms with E-state index in [4.69, 9.17) is 17.0 Å². The van der Waals surface area contributed by atoms with E-state index in [1.807, 2.05) is 48.5 Å². The van der Waals surface area contributed by atoms with Crippen molar-refractivity contribution in [2.45, 2.75) is 25.2 Å². The molecule has 0 amide bonds. The lowest BCUT2D eigenvalue weighted by Gasteiger charge is -2.34. The van der Waals surface area contributed by atoms with Gasteiger partial charge in [-0.2, -0.15) is 0 Å². The van der Waals surface area contributed by atoms with E-state index >= 15 is 0 Å². The SMILES string of the molecule is CCN(CC)C(=S)SC1C(=O)c2cc(Br)ccc2OC1c1ccccc1. The highest BCUT2D eigenvalue weighted by atomic mass is 79.9. The Morgan fingerprint density at radius 3 is 2.54 bits per heavy atom. The molecule has 0 bridgehead atoms. The Kier molecular flexibility index (Phi) is 6.37. The van der Waals surface area contributed by atoms with Crippen LogP contribution in [0.5, 0.6) is 5.75 Å². The van der Waals surface area contributed by atoms with Crippen LogP contribution in [0.15, 0.2) is 53.0 Å². The van der Waals surface area contributed by atoms with Gasteiger partial charge >= 0.3 is 0 Å². The first-order valence-electron chi connectivity index (χ1n) is 8.56. The molecule has 26 heavy (non-hydrogen) atoms. The molecule has 0 saturated carbocycles. The molecule has 0 fully saturated rings. The summed E-state index contributed by atoms with van der Waals surface area (Å²) in [5.41, 5.74) is 1.58. The predicted octanol–water partition coefficient (Wildman–Crippen LogP) is 5.49. The zero-order valence-electron chi connectivity index (χ0n) is 14.6. The fraction of sp³-hybridized carbons (Fsp3) is 0.300. The number of rotatable bonds is 4. The number of Topliss-reactive ketones (excluding diaryl/α,β-unsaturated/α-hetero) is 1. The Labute approximate surface area is 172 Å². The highest BCUT2D eigenvalue weighted by Crippen LogP contribution is 2.42. The van der Waals surface area contributed by atoms with Gasteiger partial charge in [0.1, 0.15) is 21.4 Å². The molecular weight excluding hydrogens is 430 g/mol. The summed E-state index contributed by atoms with van der Waals surface area (Å²) in [7, 11) is 0. The Balaban J connectivity index is 1.99. The van der Waals surface area contributed by atoms with E-state index in [1.54, 1.807) is 0 Å². The molecule has 136 valence electrons. The maximum atomic E-state index is 13.3. The number of ether oxygens (including phenoxy) is 1. The van der Waals surface area contributed by atoms with E-state index in [1.165, 1.54) is 11.8 Å². The van der Waals surface area contributed by atoms with Crippen LogP contribution in [0.1, 0.15) is 35.9 Å². The zero-order chi connectivity index (χ0) is 18.7. The van der Waals surface area contributed by atoms with Crippen LogP contribution in [-0.2, 0) is 0 Å². The molecule has 3 rings (SSSR count). The van der Waals surface area contributed by atoms with Crippen LogP contribution < -0.4 is 4.74 Å². The number of fused-ring (bicyclic) bond motifs is 1. The molecule has 2 aromatic rings. The highest BCUT2D eigenvalue weighted by Gasteiger charge is 2.40. The molecule has 2 aromatic carbocycles. The van der Waals surface area contributed by atoms with Crippen LogP contribution in [0.25, 0.3) is 0 Å². The van der Waals surface area contributed by atoms with Crippen molar-refractivity contribution in [3.05, 3.63) is 64.1 Å². The van der Waals surface area contributed by atoms with E-state index in [9.17, 15) is 4.79 Å². The lowest BCUT2D eigenvalue weighted by Crippen LogP contribution is -2.37. The fourth-order valence-corrected chi connectivity index (χ4v) is 5.08. The molecule has 0 aromatic heterocycles. The summed E-state index contributed by atoms with van der Waals surface area (Å²) >= 11 is 10.5. The van der Waals surface area contributed by atoms with Crippen molar-refractivity contribution in [3.63, 3.8) is 0 Å². The monoisotopic (exact) mass is 449 g/mol. The minimum atomic E-state index is -0.410. The first-order chi connectivity index (χ1) is 12.5. The van der Waals surface area contributed by atoms with Gasteiger partial charge in [-0.25, -0.2) is 0 Å². The van der Waals surface area contributed by atoms with E-state index < -0.39 is 5.25 Å². The van der Waals surface area contributed by atoms with Crippen LogP contribution in [0, 0.1) is 0 Å². The third-order valence-electron chi connectivity index (χ3n) is 4.37. The van der Waals surface area contributed by atoms with Crippen molar-refractivity contribution in [2.75, 3.05) is 13.1 Å². The van der Waals surface area contributed by atoms with E-state index in [0.29, 0.717) is 11.3 Å².